The van der Waals surface area contributed by atoms with Crippen molar-refractivity contribution in [2.45, 2.75) is 20.3 Å². The summed E-state index contributed by atoms with van der Waals surface area (Å²) in [5.74, 6) is 0.119. The summed E-state index contributed by atoms with van der Waals surface area (Å²) in [6.45, 7) is 1.61. The largest absolute Gasteiger partial charge is 0.315 e. The van der Waals surface area contributed by atoms with Crippen molar-refractivity contribution in [3.05, 3.63) is 35.9 Å². The Bertz CT molecular complexity index is 497. The van der Waals surface area contributed by atoms with Gasteiger partial charge in [0.2, 0.25) is 0 Å². The summed E-state index contributed by atoms with van der Waals surface area (Å²) in [5.41, 5.74) is 1.78. The van der Waals surface area contributed by atoms with E-state index < -0.39 is 5.41 Å². The van der Waals surface area contributed by atoms with Crippen molar-refractivity contribution >= 4 is 11.6 Å². The van der Waals surface area contributed by atoms with Gasteiger partial charge in [-0.3, -0.25) is 4.79 Å². The molecular weight excluding hydrogens is 238 g/mol. The van der Waals surface area contributed by atoms with Gasteiger partial charge in [0.05, 0.1) is 5.71 Å². The third-order valence-corrected chi connectivity index (χ3v) is 3.84. The third-order valence-electron chi connectivity index (χ3n) is 3.84. The molecule has 2 heterocycles. The predicted octanol–water partition coefficient (Wildman–Crippen LogP) is 1.67. The zero-order valence-corrected chi connectivity index (χ0v) is 10.5. The number of nitrogens with zero attached hydrogens (tertiary/aromatic N) is 2. The molecule has 4 heteroatoms. The Labute approximate surface area is 114 Å². The fourth-order valence-corrected chi connectivity index (χ4v) is 2.92. The van der Waals surface area contributed by atoms with Gasteiger partial charge in [-0.15, -0.1) is 0 Å². The molecular formula is C15H21N3O. The van der Waals surface area contributed by atoms with Crippen molar-refractivity contribution in [1.29, 1.82) is 0 Å². The number of amides is 1. The molecule has 2 aliphatic rings. The third kappa shape index (κ3) is 2.16. The second-order valence-electron chi connectivity index (χ2n) is 5.05. The summed E-state index contributed by atoms with van der Waals surface area (Å²) in [4.78, 5) is 12.4. The van der Waals surface area contributed by atoms with Crippen LogP contribution in [0, 0.1) is 5.41 Å². The number of nitrogens with one attached hydrogen (secondary N) is 1. The zero-order valence-electron chi connectivity index (χ0n) is 10.5. The monoisotopic (exact) mass is 259 g/mol. The van der Waals surface area contributed by atoms with Crippen LogP contribution in [0.2, 0.25) is 0 Å². The number of benzene rings is 1. The molecule has 1 aromatic rings. The lowest BCUT2D eigenvalue weighted by atomic mass is 9.74. The first-order valence-corrected chi connectivity index (χ1v) is 6.33. The van der Waals surface area contributed by atoms with E-state index in [-0.39, 0.29) is 13.3 Å². The lowest BCUT2D eigenvalue weighted by Crippen LogP contribution is -2.52. The van der Waals surface area contributed by atoms with Gasteiger partial charge >= 0.3 is 0 Å². The van der Waals surface area contributed by atoms with Crippen LogP contribution < -0.4 is 5.32 Å². The Morgan fingerprint density at radius 3 is 2.84 bits per heavy atom. The average molecular weight is 259 g/mol. The fourth-order valence-electron chi connectivity index (χ4n) is 2.92. The van der Waals surface area contributed by atoms with Gasteiger partial charge in [0.1, 0.15) is 5.41 Å². The standard InChI is InChI=1S/C14H17N3O.CH4/c1-17-13(18)14(9-11-5-3-2-4-6-11)10-15-8-7-12(14)16-17;/h2-6,15H,7-10H2,1H3;1H4. The Morgan fingerprint density at radius 2 is 2.11 bits per heavy atom. The first kappa shape index (κ1) is 13.7. The van der Waals surface area contributed by atoms with Crippen molar-refractivity contribution in [2.24, 2.45) is 10.5 Å². The average Bonchev–Trinajstić information content (AvgIpc) is 2.64. The van der Waals surface area contributed by atoms with Gasteiger partial charge in [0.15, 0.2) is 0 Å². The second-order valence-corrected chi connectivity index (χ2v) is 5.05. The summed E-state index contributed by atoms with van der Waals surface area (Å²) < 4.78 is 0. The molecule has 0 radical (unpaired) electrons. The molecule has 1 amide bonds. The van der Waals surface area contributed by atoms with Crippen LogP contribution in [-0.2, 0) is 11.2 Å². The summed E-state index contributed by atoms with van der Waals surface area (Å²) in [5, 5.41) is 9.27. The zero-order chi connectivity index (χ0) is 12.6. The van der Waals surface area contributed by atoms with Crippen LogP contribution in [0.4, 0.5) is 0 Å². The normalized spacial score (nSPS) is 25.6. The second kappa shape index (κ2) is 5.13. The minimum atomic E-state index is -0.450. The van der Waals surface area contributed by atoms with Gasteiger partial charge in [-0.1, -0.05) is 37.8 Å². The number of hydrogen-bond acceptors (Lipinski definition) is 3. The number of carbonyl (C=O) groups is 1. The molecule has 102 valence electrons. The van der Waals surface area contributed by atoms with Crippen molar-refractivity contribution < 1.29 is 4.79 Å². The highest BCUT2D eigenvalue weighted by Gasteiger charge is 2.50. The molecule has 0 aromatic heterocycles. The molecule has 1 N–H and O–H groups in total. The van der Waals surface area contributed by atoms with Crippen molar-refractivity contribution in [1.82, 2.24) is 10.3 Å². The fraction of sp³-hybridized carbons (Fsp3) is 0.467. The summed E-state index contributed by atoms with van der Waals surface area (Å²) in [6.07, 6.45) is 1.60. The number of hydrogen-bond donors (Lipinski definition) is 1. The molecule has 4 nitrogen and oxygen atoms in total. The summed E-state index contributed by atoms with van der Waals surface area (Å²) >= 11 is 0. The van der Waals surface area contributed by atoms with E-state index in [2.05, 4.69) is 22.6 Å². The minimum Gasteiger partial charge on any atom is -0.315 e. The molecule has 1 atom stereocenters. The molecule has 1 aromatic carbocycles. The highest BCUT2D eigenvalue weighted by atomic mass is 16.2. The highest BCUT2D eigenvalue weighted by molar-refractivity contribution is 6.13. The maximum absolute atomic E-state index is 12.4. The smallest absolute Gasteiger partial charge is 0.256 e. The van der Waals surface area contributed by atoms with Crippen LogP contribution >= 0.6 is 0 Å². The maximum Gasteiger partial charge on any atom is 0.256 e. The van der Waals surface area contributed by atoms with E-state index in [0.717, 1.165) is 25.1 Å². The SMILES string of the molecule is C.CN1N=C2CCNCC2(Cc2ccccc2)C1=O. The van der Waals surface area contributed by atoms with Crippen LogP contribution in [0.15, 0.2) is 35.4 Å². The van der Waals surface area contributed by atoms with E-state index in [1.165, 1.54) is 10.6 Å². The number of carbonyl (C=O) groups excluding carboxylic acids is 1. The molecule has 1 saturated heterocycles. The van der Waals surface area contributed by atoms with Gasteiger partial charge in [0.25, 0.3) is 5.91 Å². The molecule has 3 rings (SSSR count). The van der Waals surface area contributed by atoms with E-state index in [4.69, 9.17) is 0 Å². The lowest BCUT2D eigenvalue weighted by Gasteiger charge is -2.33. The van der Waals surface area contributed by atoms with E-state index in [1.54, 1.807) is 7.05 Å². The first-order chi connectivity index (χ1) is 8.72. The lowest BCUT2D eigenvalue weighted by molar-refractivity contribution is -0.134. The Balaban J connectivity index is 0.00000133. The molecule has 0 spiro atoms. The van der Waals surface area contributed by atoms with Crippen LogP contribution in [0.25, 0.3) is 0 Å². The van der Waals surface area contributed by atoms with E-state index >= 15 is 0 Å². The maximum atomic E-state index is 12.4. The first-order valence-electron chi connectivity index (χ1n) is 6.33. The van der Waals surface area contributed by atoms with Crippen molar-refractivity contribution in [2.75, 3.05) is 20.1 Å². The Morgan fingerprint density at radius 1 is 1.37 bits per heavy atom. The molecule has 0 aliphatic carbocycles. The van der Waals surface area contributed by atoms with E-state index in [1.807, 2.05) is 18.2 Å². The van der Waals surface area contributed by atoms with Crippen LogP contribution in [0.5, 0.6) is 0 Å². The van der Waals surface area contributed by atoms with Gasteiger partial charge in [-0.05, 0) is 12.0 Å². The summed E-state index contributed by atoms with van der Waals surface area (Å²) in [7, 11) is 1.75. The van der Waals surface area contributed by atoms with E-state index in [9.17, 15) is 4.79 Å². The molecule has 0 bridgehead atoms. The van der Waals surface area contributed by atoms with Crippen LogP contribution in [0.3, 0.4) is 0 Å². The summed E-state index contributed by atoms with van der Waals surface area (Å²) in [6, 6.07) is 10.2. The number of rotatable bonds is 2. The predicted molar refractivity (Wildman–Crippen MR) is 77.0 cm³/mol. The number of fused-ring (bicyclic) bond motifs is 1. The quantitative estimate of drug-likeness (QED) is 0.878. The Kier molecular flexibility index (Phi) is 3.71. The minimum absolute atomic E-state index is 0. The van der Waals surface area contributed by atoms with Gasteiger partial charge < -0.3 is 5.32 Å². The van der Waals surface area contributed by atoms with E-state index in [0.29, 0.717) is 6.54 Å². The molecule has 0 saturated carbocycles. The van der Waals surface area contributed by atoms with Crippen LogP contribution in [0.1, 0.15) is 19.4 Å². The molecule has 1 unspecified atom stereocenters. The topological polar surface area (TPSA) is 44.7 Å². The molecule has 2 aliphatic heterocycles. The number of hydrazone groups is 1. The molecule has 1 fully saturated rings. The van der Waals surface area contributed by atoms with Gasteiger partial charge in [-0.2, -0.15) is 5.10 Å². The van der Waals surface area contributed by atoms with Crippen molar-refractivity contribution in [3.63, 3.8) is 0 Å². The highest BCUT2D eigenvalue weighted by Crippen LogP contribution is 2.35. The number of piperidine rings is 1. The Hall–Kier alpha value is -1.68. The van der Waals surface area contributed by atoms with Crippen molar-refractivity contribution in [3.8, 4) is 0 Å². The van der Waals surface area contributed by atoms with Gasteiger partial charge in [-0.25, -0.2) is 5.01 Å². The van der Waals surface area contributed by atoms with Crippen LogP contribution in [-0.4, -0.2) is 36.8 Å². The molecule has 19 heavy (non-hydrogen) atoms. The van der Waals surface area contributed by atoms with Gasteiger partial charge in [0, 0.05) is 26.6 Å².